The highest BCUT2D eigenvalue weighted by Gasteiger charge is 2.35. The van der Waals surface area contributed by atoms with Crippen molar-refractivity contribution in [3.8, 4) is 12.8 Å². The molecule has 0 spiro atoms. The third-order valence-electron chi connectivity index (χ3n) is 3.87. The van der Waals surface area contributed by atoms with E-state index in [0.29, 0.717) is 5.02 Å². The Kier molecular flexibility index (Phi) is 50.4. The van der Waals surface area contributed by atoms with E-state index in [4.69, 9.17) is 28.3 Å². The number of hydrogen-bond acceptors (Lipinski definition) is 1. The minimum absolute atomic E-state index is 0.668. The Hall–Kier alpha value is -2.24. The van der Waals surface area contributed by atoms with Gasteiger partial charge < -0.3 is 5.11 Å². The Balaban J connectivity index is -0.000000138. The maximum absolute atomic E-state index is 7.19. The van der Waals surface area contributed by atoms with Gasteiger partial charge >= 0.3 is 0 Å². The van der Waals surface area contributed by atoms with Crippen LogP contribution in [0.4, 0.5) is 0 Å². The first-order chi connectivity index (χ1) is 18.6. The Labute approximate surface area is 248 Å². The fraction of sp³-hybridized carbons (Fsp3) is 0.429. The van der Waals surface area contributed by atoms with Crippen LogP contribution in [-0.2, 0) is 4.87 Å². The molecule has 0 heterocycles. The van der Waals surface area contributed by atoms with Gasteiger partial charge in [-0.3, -0.25) is 0 Å². The number of aryl methyl sites for hydroxylation is 1. The van der Waals surface area contributed by atoms with Crippen LogP contribution in [0.1, 0.15) is 105 Å². The molecule has 218 valence electrons. The molecule has 0 amide bonds. The molecule has 0 radical (unpaired) electrons. The summed E-state index contributed by atoms with van der Waals surface area (Å²) in [6.45, 7) is 26.1. The van der Waals surface area contributed by atoms with E-state index in [0.717, 1.165) is 23.8 Å². The van der Waals surface area contributed by atoms with Crippen molar-refractivity contribution in [2.45, 2.75) is 94.9 Å². The first-order valence-electron chi connectivity index (χ1n) is 14.0. The molecule has 1 nitrogen and oxygen atoms in total. The van der Waals surface area contributed by atoms with Crippen molar-refractivity contribution < 1.29 is 5.11 Å². The number of aliphatic hydroxyl groups is 1. The molecule has 3 aromatic carbocycles. The molecule has 0 fully saturated rings. The molecule has 1 atom stereocenters. The van der Waals surface area contributed by atoms with E-state index in [1.807, 2.05) is 138 Å². The van der Waals surface area contributed by atoms with Gasteiger partial charge in [0.25, 0.3) is 0 Å². The van der Waals surface area contributed by atoms with E-state index in [9.17, 15) is 0 Å². The van der Waals surface area contributed by atoms with Crippen molar-refractivity contribution in [2.24, 2.45) is 0 Å². The summed E-state index contributed by atoms with van der Waals surface area (Å²) >= 11 is 13.6. The fourth-order valence-corrected chi connectivity index (χ4v) is 3.41. The SMILES string of the molecule is C#C.CC.CC.CC.CC.CC.CC.CO.Cc1ccc(C(Cl)(c2ccccc2)c2ccccc2Cl)cc1. The molecule has 3 aromatic rings. The molecule has 38 heavy (non-hydrogen) atoms. The molecule has 0 aliphatic heterocycles. The molecule has 0 saturated carbocycles. The first kappa shape index (κ1) is 48.8. The molecular weight excluding hydrogens is 507 g/mol. The molecular formula is C35H58Cl2O. The van der Waals surface area contributed by atoms with Crippen LogP contribution < -0.4 is 0 Å². The number of alkyl halides is 1. The van der Waals surface area contributed by atoms with Crippen molar-refractivity contribution in [2.75, 3.05) is 7.11 Å². The van der Waals surface area contributed by atoms with Gasteiger partial charge in [0.05, 0.1) is 0 Å². The third-order valence-corrected chi connectivity index (χ3v) is 4.84. The summed E-state index contributed by atoms with van der Waals surface area (Å²) in [6, 6.07) is 26.1. The standard InChI is InChI=1S/C20H16Cl2.6C2H6.C2H2.CH4O/c1-15-11-13-17(14-12-15)20(22,16-7-3-2-4-8-16)18-9-5-6-10-19(18)21;8*1-2/h2-14H,1H3;6*1-2H3;1-2H;2H,1H3. The van der Waals surface area contributed by atoms with E-state index in [2.05, 4.69) is 44.0 Å². The fourth-order valence-electron chi connectivity index (χ4n) is 2.67. The summed E-state index contributed by atoms with van der Waals surface area (Å²) < 4.78 is 0. The maximum Gasteiger partial charge on any atom is 0.121 e. The van der Waals surface area contributed by atoms with Crippen LogP contribution in [0.5, 0.6) is 0 Å². The Morgan fingerprint density at radius 2 is 0.842 bits per heavy atom. The molecule has 0 aliphatic rings. The lowest BCUT2D eigenvalue weighted by Crippen LogP contribution is -2.22. The maximum atomic E-state index is 7.19. The van der Waals surface area contributed by atoms with Crippen LogP contribution in [0, 0.1) is 19.8 Å². The number of terminal acetylenes is 1. The zero-order valence-corrected chi connectivity index (χ0v) is 28.4. The summed E-state index contributed by atoms with van der Waals surface area (Å²) in [4.78, 5) is -0.798. The van der Waals surface area contributed by atoms with Crippen molar-refractivity contribution in [1.82, 2.24) is 0 Å². The lowest BCUT2D eigenvalue weighted by Gasteiger charge is -2.30. The molecule has 0 aliphatic carbocycles. The van der Waals surface area contributed by atoms with Crippen molar-refractivity contribution in [1.29, 1.82) is 0 Å². The van der Waals surface area contributed by atoms with E-state index in [1.54, 1.807) is 0 Å². The Bertz CT molecular complexity index is 812. The molecule has 0 aromatic heterocycles. The highest BCUT2D eigenvalue weighted by molar-refractivity contribution is 6.34. The van der Waals surface area contributed by atoms with Gasteiger partial charge in [0.15, 0.2) is 0 Å². The second-order valence-corrected chi connectivity index (χ2v) is 6.34. The molecule has 0 bridgehead atoms. The minimum atomic E-state index is -0.798. The van der Waals surface area contributed by atoms with Gasteiger partial charge in [-0.25, -0.2) is 0 Å². The van der Waals surface area contributed by atoms with E-state index in [1.165, 1.54) is 5.56 Å². The van der Waals surface area contributed by atoms with Crippen molar-refractivity contribution in [3.05, 3.63) is 106 Å². The number of benzene rings is 3. The molecule has 3 heteroatoms. The Morgan fingerprint density at radius 1 is 0.526 bits per heavy atom. The second-order valence-electron chi connectivity index (χ2n) is 5.37. The number of rotatable bonds is 3. The zero-order chi connectivity index (χ0) is 31.6. The Morgan fingerprint density at radius 3 is 1.21 bits per heavy atom. The number of halogens is 2. The van der Waals surface area contributed by atoms with Crippen LogP contribution in [0.2, 0.25) is 5.02 Å². The lowest BCUT2D eigenvalue weighted by atomic mass is 9.84. The van der Waals surface area contributed by atoms with Gasteiger partial charge in [-0.1, -0.05) is 173 Å². The summed E-state index contributed by atoms with van der Waals surface area (Å²) in [6.07, 6.45) is 8.00. The van der Waals surface area contributed by atoms with Crippen LogP contribution in [0.25, 0.3) is 0 Å². The predicted molar refractivity (Wildman–Crippen MR) is 181 cm³/mol. The molecule has 1 unspecified atom stereocenters. The largest absolute Gasteiger partial charge is 0.400 e. The first-order valence-corrected chi connectivity index (χ1v) is 14.7. The van der Waals surface area contributed by atoms with E-state index >= 15 is 0 Å². The third kappa shape index (κ3) is 18.1. The lowest BCUT2D eigenvalue weighted by molar-refractivity contribution is 0.399. The van der Waals surface area contributed by atoms with Crippen molar-refractivity contribution in [3.63, 3.8) is 0 Å². The second kappa shape index (κ2) is 39.3. The summed E-state index contributed by atoms with van der Waals surface area (Å²) in [5.74, 6) is 0. The van der Waals surface area contributed by atoms with Crippen LogP contribution in [0.15, 0.2) is 78.9 Å². The summed E-state index contributed by atoms with van der Waals surface area (Å²) in [5, 5.41) is 7.67. The zero-order valence-electron chi connectivity index (χ0n) is 26.9. The quantitative estimate of drug-likeness (QED) is 0.190. The highest BCUT2D eigenvalue weighted by atomic mass is 35.5. The smallest absolute Gasteiger partial charge is 0.121 e. The van der Waals surface area contributed by atoms with E-state index in [-0.39, 0.29) is 0 Å². The number of aliphatic hydroxyl groups excluding tert-OH is 1. The molecule has 1 N–H and O–H groups in total. The van der Waals surface area contributed by atoms with Crippen LogP contribution >= 0.6 is 23.2 Å². The summed E-state index contributed by atoms with van der Waals surface area (Å²) in [5.41, 5.74) is 4.12. The topological polar surface area (TPSA) is 20.2 Å². The van der Waals surface area contributed by atoms with Crippen LogP contribution in [0.3, 0.4) is 0 Å². The van der Waals surface area contributed by atoms with Gasteiger partial charge in [0.2, 0.25) is 0 Å². The van der Waals surface area contributed by atoms with Gasteiger partial charge in [-0.05, 0) is 24.1 Å². The monoisotopic (exact) mass is 564 g/mol. The van der Waals surface area contributed by atoms with E-state index < -0.39 is 4.87 Å². The average Bonchev–Trinajstić information content (AvgIpc) is 3.05. The minimum Gasteiger partial charge on any atom is -0.400 e. The highest BCUT2D eigenvalue weighted by Crippen LogP contribution is 2.45. The van der Waals surface area contributed by atoms with Crippen LogP contribution in [-0.4, -0.2) is 12.2 Å². The number of hydrogen-bond donors (Lipinski definition) is 1. The average molecular weight is 566 g/mol. The van der Waals surface area contributed by atoms with Gasteiger partial charge in [0, 0.05) is 17.7 Å². The van der Waals surface area contributed by atoms with Gasteiger partial charge in [-0.2, -0.15) is 0 Å². The predicted octanol–water partition coefficient (Wildman–Crippen LogP) is 12.2. The summed E-state index contributed by atoms with van der Waals surface area (Å²) in [7, 11) is 1.00. The molecule has 0 saturated heterocycles. The van der Waals surface area contributed by atoms with Gasteiger partial charge in [0.1, 0.15) is 4.87 Å². The molecule has 3 rings (SSSR count). The van der Waals surface area contributed by atoms with Crippen molar-refractivity contribution >= 4 is 23.2 Å². The van der Waals surface area contributed by atoms with Gasteiger partial charge in [-0.15, -0.1) is 24.4 Å². The normalized spacial score (nSPS) is 9.03.